The number of hydrogen-bond donors (Lipinski definition) is 2. The number of carbonyl (C=O) groups excluding carboxylic acids is 1. The van der Waals surface area contributed by atoms with Gasteiger partial charge in [0.2, 0.25) is 5.91 Å². The summed E-state index contributed by atoms with van der Waals surface area (Å²) in [5, 5.41) is 4.17. The molecule has 1 heterocycles. The Labute approximate surface area is 196 Å². The van der Waals surface area contributed by atoms with Gasteiger partial charge in [-0.15, -0.1) is 0 Å². The molecule has 0 radical (unpaired) electrons. The van der Waals surface area contributed by atoms with E-state index >= 15 is 0 Å². The van der Waals surface area contributed by atoms with Crippen LogP contribution in [0.4, 0.5) is 0 Å². The summed E-state index contributed by atoms with van der Waals surface area (Å²) in [7, 11) is 1.67. The largest absolute Gasteiger partial charge is 0.497 e. The molecule has 33 heavy (non-hydrogen) atoms. The summed E-state index contributed by atoms with van der Waals surface area (Å²) >= 11 is 0. The molecule has 4 aromatic rings. The molecule has 0 bridgehead atoms. The first-order chi connectivity index (χ1) is 15.8. The van der Waals surface area contributed by atoms with Crippen LogP contribution in [0.25, 0.3) is 10.9 Å². The molecule has 1 atom stereocenters. The van der Waals surface area contributed by atoms with E-state index in [1.807, 2.05) is 54.7 Å². The lowest BCUT2D eigenvalue weighted by atomic mass is 9.83. The molecule has 170 valence electrons. The van der Waals surface area contributed by atoms with Gasteiger partial charge in [0.15, 0.2) is 0 Å². The molecule has 1 aromatic heterocycles. The van der Waals surface area contributed by atoms with Crippen LogP contribution in [0.15, 0.2) is 79.0 Å². The van der Waals surface area contributed by atoms with Crippen molar-refractivity contribution in [2.24, 2.45) is 0 Å². The fourth-order valence-electron chi connectivity index (χ4n) is 4.21. The third-order valence-electron chi connectivity index (χ3n) is 6.20. The van der Waals surface area contributed by atoms with Gasteiger partial charge in [0.1, 0.15) is 5.75 Å². The Morgan fingerprint density at radius 2 is 1.73 bits per heavy atom. The molecule has 0 saturated carbocycles. The topological polar surface area (TPSA) is 54.1 Å². The van der Waals surface area contributed by atoms with Gasteiger partial charge < -0.3 is 15.0 Å². The fourth-order valence-corrected chi connectivity index (χ4v) is 4.21. The highest BCUT2D eigenvalue weighted by molar-refractivity contribution is 5.87. The zero-order valence-electron chi connectivity index (χ0n) is 19.8. The normalized spacial score (nSPS) is 12.5. The number of ether oxygens (including phenoxy) is 1. The van der Waals surface area contributed by atoms with E-state index in [1.165, 1.54) is 5.56 Å². The quantitative estimate of drug-likeness (QED) is 0.354. The van der Waals surface area contributed by atoms with Gasteiger partial charge in [-0.1, -0.05) is 75.4 Å². The van der Waals surface area contributed by atoms with E-state index in [-0.39, 0.29) is 17.2 Å². The zero-order valence-corrected chi connectivity index (χ0v) is 19.8. The summed E-state index contributed by atoms with van der Waals surface area (Å²) in [4.78, 5) is 16.4. The summed E-state index contributed by atoms with van der Waals surface area (Å²) in [6.07, 6.45) is 2.39. The molecular weight excluding hydrogens is 408 g/mol. The van der Waals surface area contributed by atoms with Crippen molar-refractivity contribution in [3.8, 4) is 5.75 Å². The number of hydrogen-bond acceptors (Lipinski definition) is 2. The zero-order chi connectivity index (χ0) is 23.4. The number of aromatic nitrogens is 1. The highest BCUT2D eigenvalue weighted by atomic mass is 16.5. The van der Waals surface area contributed by atoms with Crippen molar-refractivity contribution >= 4 is 16.8 Å². The Bertz CT molecular complexity index is 1220. The molecule has 4 rings (SSSR count). The second kappa shape index (κ2) is 9.53. The number of carbonyl (C=O) groups is 1. The lowest BCUT2D eigenvalue weighted by Crippen LogP contribution is -2.25. The van der Waals surface area contributed by atoms with Crippen LogP contribution in [0.2, 0.25) is 0 Å². The molecule has 0 aliphatic heterocycles. The van der Waals surface area contributed by atoms with Crippen LogP contribution in [0, 0.1) is 0 Å². The van der Waals surface area contributed by atoms with E-state index < -0.39 is 0 Å². The van der Waals surface area contributed by atoms with E-state index in [0.717, 1.165) is 33.3 Å². The third kappa shape index (κ3) is 5.28. The van der Waals surface area contributed by atoms with Gasteiger partial charge in [0.05, 0.1) is 7.11 Å². The standard InChI is InChI=1S/C29H32N2O2/c1-29(2,3)22-12-10-21(11-13-22)24(17-28(32)31-18-20-8-6-5-7-9-20)26-19-30-27-15-14-23(33-4)16-25(26)27/h5-16,19,24,30H,17-18H2,1-4H3,(H,31,32)/t24-/m1/s1. The molecule has 0 unspecified atom stereocenters. The van der Waals surface area contributed by atoms with Gasteiger partial charge >= 0.3 is 0 Å². The monoisotopic (exact) mass is 440 g/mol. The highest BCUT2D eigenvalue weighted by Crippen LogP contribution is 2.36. The summed E-state index contributed by atoms with van der Waals surface area (Å²) < 4.78 is 5.46. The van der Waals surface area contributed by atoms with Crippen LogP contribution in [-0.4, -0.2) is 18.0 Å². The second-order valence-corrected chi connectivity index (χ2v) is 9.55. The summed E-state index contributed by atoms with van der Waals surface area (Å²) in [5.41, 5.74) is 5.71. The van der Waals surface area contributed by atoms with Crippen molar-refractivity contribution in [3.05, 3.63) is 101 Å². The fraction of sp³-hybridized carbons (Fsp3) is 0.276. The molecule has 1 amide bonds. The van der Waals surface area contributed by atoms with E-state index in [0.29, 0.717) is 13.0 Å². The summed E-state index contributed by atoms with van der Waals surface area (Å²) in [6, 6.07) is 24.7. The Morgan fingerprint density at radius 1 is 1.00 bits per heavy atom. The van der Waals surface area contributed by atoms with Crippen molar-refractivity contribution in [1.29, 1.82) is 0 Å². The van der Waals surface area contributed by atoms with E-state index in [2.05, 4.69) is 55.3 Å². The predicted molar refractivity (Wildman–Crippen MR) is 135 cm³/mol. The molecule has 4 nitrogen and oxygen atoms in total. The Hall–Kier alpha value is -3.53. The maximum Gasteiger partial charge on any atom is 0.221 e. The Kier molecular flexibility index (Phi) is 6.55. The van der Waals surface area contributed by atoms with Crippen molar-refractivity contribution in [2.75, 3.05) is 7.11 Å². The highest BCUT2D eigenvalue weighted by Gasteiger charge is 2.23. The first kappa shape index (κ1) is 22.7. The lowest BCUT2D eigenvalue weighted by Gasteiger charge is -2.22. The molecule has 4 heteroatoms. The van der Waals surface area contributed by atoms with E-state index in [1.54, 1.807) is 7.11 Å². The number of methoxy groups -OCH3 is 1. The number of fused-ring (bicyclic) bond motifs is 1. The molecule has 3 aromatic carbocycles. The van der Waals surface area contributed by atoms with Gasteiger partial charge in [-0.25, -0.2) is 0 Å². The van der Waals surface area contributed by atoms with Crippen LogP contribution < -0.4 is 10.1 Å². The van der Waals surface area contributed by atoms with E-state index in [9.17, 15) is 4.79 Å². The molecule has 0 spiro atoms. The van der Waals surface area contributed by atoms with Crippen LogP contribution in [0.3, 0.4) is 0 Å². The second-order valence-electron chi connectivity index (χ2n) is 9.55. The van der Waals surface area contributed by atoms with Crippen LogP contribution >= 0.6 is 0 Å². The van der Waals surface area contributed by atoms with Crippen LogP contribution in [-0.2, 0) is 16.8 Å². The first-order valence-electron chi connectivity index (χ1n) is 11.4. The van der Waals surface area contributed by atoms with Crippen LogP contribution in [0.1, 0.15) is 55.4 Å². The smallest absolute Gasteiger partial charge is 0.221 e. The minimum atomic E-state index is -0.0735. The van der Waals surface area contributed by atoms with Gasteiger partial charge in [0.25, 0.3) is 0 Å². The molecule has 2 N–H and O–H groups in total. The molecule has 0 aliphatic rings. The van der Waals surface area contributed by atoms with Crippen molar-refractivity contribution in [3.63, 3.8) is 0 Å². The van der Waals surface area contributed by atoms with Crippen molar-refractivity contribution < 1.29 is 9.53 Å². The molecular formula is C29H32N2O2. The third-order valence-corrected chi connectivity index (χ3v) is 6.20. The average Bonchev–Trinajstić information content (AvgIpc) is 3.24. The Morgan fingerprint density at radius 3 is 2.39 bits per heavy atom. The lowest BCUT2D eigenvalue weighted by molar-refractivity contribution is -0.121. The van der Waals surface area contributed by atoms with Crippen LogP contribution in [0.5, 0.6) is 5.75 Å². The number of H-pyrrole nitrogens is 1. The predicted octanol–water partition coefficient (Wildman–Crippen LogP) is 6.31. The van der Waals surface area contributed by atoms with Gasteiger partial charge in [0, 0.05) is 36.0 Å². The number of nitrogens with one attached hydrogen (secondary N) is 2. The van der Waals surface area contributed by atoms with Gasteiger partial charge in [-0.2, -0.15) is 0 Å². The van der Waals surface area contributed by atoms with Gasteiger partial charge in [-0.05, 0) is 45.9 Å². The molecule has 0 saturated heterocycles. The molecule has 0 fully saturated rings. The molecule has 0 aliphatic carbocycles. The minimum absolute atomic E-state index is 0.0287. The Balaban J connectivity index is 1.66. The van der Waals surface area contributed by atoms with Crippen molar-refractivity contribution in [1.82, 2.24) is 10.3 Å². The SMILES string of the molecule is COc1ccc2[nH]cc([C@H](CC(=O)NCc3ccccc3)c3ccc(C(C)(C)C)cc3)c2c1. The van der Waals surface area contributed by atoms with Gasteiger partial charge in [-0.3, -0.25) is 4.79 Å². The average molecular weight is 441 g/mol. The maximum atomic E-state index is 13.0. The number of benzene rings is 3. The number of rotatable bonds is 7. The summed E-state index contributed by atoms with van der Waals surface area (Å²) in [6.45, 7) is 7.16. The number of aromatic amines is 1. The van der Waals surface area contributed by atoms with Crippen molar-refractivity contribution in [2.45, 2.75) is 45.1 Å². The van der Waals surface area contributed by atoms with E-state index in [4.69, 9.17) is 4.74 Å². The minimum Gasteiger partial charge on any atom is -0.497 e. The summed E-state index contributed by atoms with van der Waals surface area (Å²) in [5.74, 6) is 0.760. The number of amides is 1. The first-order valence-corrected chi connectivity index (χ1v) is 11.4. The maximum absolute atomic E-state index is 13.0.